The van der Waals surface area contributed by atoms with E-state index in [4.69, 9.17) is 23.2 Å². The third-order valence-corrected chi connectivity index (χ3v) is 6.50. The normalized spacial score (nSPS) is 11.8. The molecule has 2 aromatic carbocycles. The minimum atomic E-state index is -0.601. The molecule has 0 aliphatic rings. The van der Waals surface area contributed by atoms with Crippen LogP contribution in [0.3, 0.4) is 0 Å². The molecule has 0 fully saturated rings. The summed E-state index contributed by atoms with van der Waals surface area (Å²) >= 11 is 13.9. The lowest BCUT2D eigenvalue weighted by Gasteiger charge is -2.29. The molecule has 0 saturated carbocycles. The van der Waals surface area contributed by atoms with E-state index in [0.29, 0.717) is 16.6 Å². The molecule has 0 aliphatic carbocycles. The van der Waals surface area contributed by atoms with Gasteiger partial charge in [-0.2, -0.15) is 0 Å². The van der Waals surface area contributed by atoms with E-state index in [1.54, 1.807) is 41.8 Å². The van der Waals surface area contributed by atoms with Crippen molar-refractivity contribution in [3.63, 3.8) is 0 Å². The zero-order chi connectivity index (χ0) is 22.8. The smallest absolute Gasteiger partial charge is 0.242 e. The molecule has 168 valence electrons. The maximum Gasteiger partial charge on any atom is 0.242 e. The van der Waals surface area contributed by atoms with E-state index in [1.807, 2.05) is 6.07 Å². The molecule has 0 aliphatic heterocycles. The van der Waals surface area contributed by atoms with Gasteiger partial charge in [0.1, 0.15) is 6.04 Å². The fourth-order valence-electron chi connectivity index (χ4n) is 3.09. The predicted octanol–water partition coefficient (Wildman–Crippen LogP) is 5.87. The van der Waals surface area contributed by atoms with Crippen molar-refractivity contribution >= 4 is 46.8 Å². The standard InChI is InChI=1S/C24H30Cl2N2O2S/c1-4-5-11-27-24(30)18(3)28(14-20-9-10-21(25)13-22(20)26)23(29)16-31-15-19-8-6-7-17(2)12-19/h6-10,12-13,18H,4-5,11,14-16H2,1-3H3,(H,27,30)/t18-/m1/s1. The fourth-order valence-corrected chi connectivity index (χ4v) is 4.42. The molecule has 0 aromatic heterocycles. The van der Waals surface area contributed by atoms with Crippen LogP contribution in [-0.4, -0.2) is 35.1 Å². The molecule has 1 N–H and O–H groups in total. The van der Waals surface area contributed by atoms with E-state index in [9.17, 15) is 9.59 Å². The second-order valence-corrected chi connectivity index (χ2v) is 9.39. The molecule has 2 rings (SSSR count). The van der Waals surface area contributed by atoms with Crippen molar-refractivity contribution in [2.75, 3.05) is 12.3 Å². The maximum absolute atomic E-state index is 13.1. The number of hydrogen-bond donors (Lipinski definition) is 1. The number of nitrogens with one attached hydrogen (secondary N) is 1. The first-order chi connectivity index (χ1) is 14.8. The molecule has 0 spiro atoms. The summed E-state index contributed by atoms with van der Waals surface area (Å²) in [6.07, 6.45) is 1.90. The van der Waals surface area contributed by atoms with Gasteiger partial charge in [-0.15, -0.1) is 11.8 Å². The van der Waals surface area contributed by atoms with E-state index in [1.165, 1.54) is 11.1 Å². The Hall–Kier alpha value is -1.69. The van der Waals surface area contributed by atoms with E-state index in [-0.39, 0.29) is 24.1 Å². The minimum absolute atomic E-state index is 0.0955. The topological polar surface area (TPSA) is 49.4 Å². The number of unbranched alkanes of at least 4 members (excludes halogenated alkanes) is 1. The van der Waals surface area contributed by atoms with Crippen molar-refractivity contribution in [2.24, 2.45) is 0 Å². The van der Waals surface area contributed by atoms with Crippen LogP contribution in [0.15, 0.2) is 42.5 Å². The van der Waals surface area contributed by atoms with Crippen LogP contribution in [-0.2, 0) is 21.9 Å². The zero-order valence-corrected chi connectivity index (χ0v) is 20.6. The van der Waals surface area contributed by atoms with Crippen LogP contribution in [0.2, 0.25) is 10.0 Å². The zero-order valence-electron chi connectivity index (χ0n) is 18.3. The van der Waals surface area contributed by atoms with Crippen molar-refractivity contribution < 1.29 is 9.59 Å². The first-order valence-corrected chi connectivity index (χ1v) is 12.4. The molecule has 7 heteroatoms. The average Bonchev–Trinajstić information content (AvgIpc) is 2.73. The number of hydrogen-bond acceptors (Lipinski definition) is 3. The van der Waals surface area contributed by atoms with Crippen molar-refractivity contribution in [1.29, 1.82) is 0 Å². The first kappa shape index (κ1) is 25.6. The number of aryl methyl sites for hydroxylation is 1. The van der Waals surface area contributed by atoms with Gasteiger partial charge in [0.2, 0.25) is 11.8 Å². The third-order valence-electron chi connectivity index (χ3n) is 4.93. The highest BCUT2D eigenvalue weighted by Gasteiger charge is 2.26. The average molecular weight is 481 g/mol. The SMILES string of the molecule is CCCCNC(=O)[C@@H](C)N(Cc1ccc(Cl)cc1Cl)C(=O)CSCc1cccc(C)c1. The van der Waals surface area contributed by atoms with Crippen LogP contribution >= 0.6 is 35.0 Å². The molecular formula is C24H30Cl2N2O2S. The number of amides is 2. The molecule has 0 saturated heterocycles. The summed E-state index contributed by atoms with van der Waals surface area (Å²) in [5.41, 5.74) is 3.13. The quantitative estimate of drug-likeness (QED) is 0.409. The van der Waals surface area contributed by atoms with Crippen molar-refractivity contribution in [2.45, 2.75) is 52.0 Å². The Morgan fingerprint density at radius 2 is 1.94 bits per heavy atom. The summed E-state index contributed by atoms with van der Waals surface area (Å²) in [6, 6.07) is 12.8. The van der Waals surface area contributed by atoms with Crippen LogP contribution in [0.1, 0.15) is 43.4 Å². The highest BCUT2D eigenvalue weighted by atomic mass is 35.5. The van der Waals surface area contributed by atoms with Gasteiger partial charge in [-0.3, -0.25) is 9.59 Å². The summed E-state index contributed by atoms with van der Waals surface area (Å²) in [7, 11) is 0. The lowest BCUT2D eigenvalue weighted by molar-refractivity contribution is -0.138. The minimum Gasteiger partial charge on any atom is -0.354 e. The second kappa shape index (κ2) is 13.0. The molecule has 31 heavy (non-hydrogen) atoms. The Morgan fingerprint density at radius 3 is 2.61 bits per heavy atom. The van der Waals surface area contributed by atoms with Crippen LogP contribution in [0.5, 0.6) is 0 Å². The molecule has 2 amide bonds. The molecule has 2 aromatic rings. The van der Waals surface area contributed by atoms with Gasteiger partial charge in [0.05, 0.1) is 5.75 Å². The number of benzene rings is 2. The summed E-state index contributed by atoms with van der Waals surface area (Å²) in [4.78, 5) is 27.4. The molecule has 0 radical (unpaired) electrons. The van der Waals surface area contributed by atoms with Gasteiger partial charge in [-0.05, 0) is 43.5 Å². The Bertz CT molecular complexity index is 892. The first-order valence-electron chi connectivity index (χ1n) is 10.5. The van der Waals surface area contributed by atoms with E-state index in [0.717, 1.165) is 24.2 Å². The van der Waals surface area contributed by atoms with Crippen LogP contribution in [0, 0.1) is 6.92 Å². The second-order valence-electron chi connectivity index (χ2n) is 7.56. The number of carbonyl (C=O) groups excluding carboxylic acids is 2. The Morgan fingerprint density at radius 1 is 1.16 bits per heavy atom. The highest BCUT2D eigenvalue weighted by molar-refractivity contribution is 7.99. The van der Waals surface area contributed by atoms with Gasteiger partial charge in [0, 0.05) is 28.9 Å². The van der Waals surface area contributed by atoms with Crippen molar-refractivity contribution in [3.05, 3.63) is 69.2 Å². The lowest BCUT2D eigenvalue weighted by Crippen LogP contribution is -2.48. The number of thioether (sulfide) groups is 1. The summed E-state index contributed by atoms with van der Waals surface area (Å²) < 4.78 is 0. The number of nitrogens with zero attached hydrogens (tertiary/aromatic N) is 1. The largest absolute Gasteiger partial charge is 0.354 e. The monoisotopic (exact) mass is 480 g/mol. The molecule has 0 heterocycles. The van der Waals surface area contributed by atoms with Gasteiger partial charge >= 0.3 is 0 Å². The van der Waals surface area contributed by atoms with E-state index >= 15 is 0 Å². The number of carbonyl (C=O) groups is 2. The van der Waals surface area contributed by atoms with Gasteiger partial charge in [-0.25, -0.2) is 0 Å². The highest BCUT2D eigenvalue weighted by Crippen LogP contribution is 2.24. The molecule has 0 unspecified atom stereocenters. The predicted molar refractivity (Wildman–Crippen MR) is 132 cm³/mol. The Balaban J connectivity index is 2.09. The number of rotatable bonds is 11. The molecule has 4 nitrogen and oxygen atoms in total. The third kappa shape index (κ3) is 8.40. The fraction of sp³-hybridized carbons (Fsp3) is 0.417. The van der Waals surface area contributed by atoms with E-state index in [2.05, 4.69) is 37.4 Å². The van der Waals surface area contributed by atoms with Gasteiger partial charge in [-0.1, -0.05) is 72.4 Å². The summed E-state index contributed by atoms with van der Waals surface area (Å²) in [5, 5.41) is 3.94. The summed E-state index contributed by atoms with van der Waals surface area (Å²) in [6.45, 7) is 6.73. The molecular weight excluding hydrogens is 451 g/mol. The van der Waals surface area contributed by atoms with Crippen molar-refractivity contribution in [3.8, 4) is 0 Å². The maximum atomic E-state index is 13.1. The van der Waals surface area contributed by atoms with Crippen molar-refractivity contribution in [1.82, 2.24) is 10.2 Å². The number of halogens is 2. The van der Waals surface area contributed by atoms with Gasteiger partial charge < -0.3 is 10.2 Å². The van der Waals surface area contributed by atoms with Gasteiger partial charge in [0.25, 0.3) is 0 Å². The Kier molecular flexibility index (Phi) is 10.7. The Labute approximate surface area is 199 Å². The van der Waals surface area contributed by atoms with Gasteiger partial charge in [0.15, 0.2) is 0 Å². The lowest BCUT2D eigenvalue weighted by atomic mass is 10.1. The van der Waals surface area contributed by atoms with Crippen LogP contribution in [0.25, 0.3) is 0 Å². The van der Waals surface area contributed by atoms with Crippen LogP contribution < -0.4 is 5.32 Å². The van der Waals surface area contributed by atoms with E-state index < -0.39 is 6.04 Å². The molecule has 0 bridgehead atoms. The van der Waals surface area contributed by atoms with Crippen LogP contribution in [0.4, 0.5) is 0 Å². The summed E-state index contributed by atoms with van der Waals surface area (Å²) in [5.74, 6) is 0.767. The molecule has 1 atom stereocenters.